The second-order valence-corrected chi connectivity index (χ2v) is 5.81. The van der Waals surface area contributed by atoms with Gasteiger partial charge in [0.25, 0.3) is 11.2 Å². The van der Waals surface area contributed by atoms with Crippen molar-refractivity contribution in [1.82, 2.24) is 9.97 Å². The lowest BCUT2D eigenvalue weighted by atomic mass is 9.94. The van der Waals surface area contributed by atoms with Crippen LogP contribution in [0.4, 0.5) is 11.5 Å². The van der Waals surface area contributed by atoms with Crippen molar-refractivity contribution in [3.63, 3.8) is 0 Å². The van der Waals surface area contributed by atoms with Gasteiger partial charge in [-0.25, -0.2) is 14.6 Å². The van der Waals surface area contributed by atoms with E-state index in [0.717, 1.165) is 0 Å². The number of anilines is 1. The van der Waals surface area contributed by atoms with Crippen LogP contribution in [0.25, 0.3) is 22.4 Å². The molecule has 146 valence electrons. The van der Waals surface area contributed by atoms with Crippen LogP contribution in [-0.2, 0) is 0 Å². The average molecular weight is 396 g/mol. The summed E-state index contributed by atoms with van der Waals surface area (Å²) in [6.45, 7) is 0. The van der Waals surface area contributed by atoms with Crippen molar-refractivity contribution in [3.05, 3.63) is 74.2 Å². The largest absolute Gasteiger partial charge is 0.478 e. The van der Waals surface area contributed by atoms with Crippen LogP contribution in [0.15, 0.2) is 47.4 Å². The van der Waals surface area contributed by atoms with Gasteiger partial charge in [-0.05, 0) is 11.6 Å². The third-order valence-electron chi connectivity index (χ3n) is 4.10. The number of nitro groups is 1. The molecule has 0 bridgehead atoms. The lowest BCUT2D eigenvalue weighted by molar-refractivity contribution is -0.384. The number of aromatic amines is 1. The maximum absolute atomic E-state index is 12.1. The summed E-state index contributed by atoms with van der Waals surface area (Å²) in [5.41, 5.74) is 3.07. The number of aromatic carboxylic acids is 2. The van der Waals surface area contributed by atoms with E-state index in [-0.39, 0.29) is 22.5 Å². The van der Waals surface area contributed by atoms with E-state index in [2.05, 4.69) is 4.98 Å². The van der Waals surface area contributed by atoms with Gasteiger partial charge in [0.15, 0.2) is 0 Å². The monoisotopic (exact) mass is 396 g/mol. The highest BCUT2D eigenvalue weighted by molar-refractivity contribution is 6.07. The normalized spacial score (nSPS) is 10.5. The standard InChI is InChI=1S/C18H12N4O7/c19-15-12(17(24)25)11(13(18(26)27)16(23)21-15)8-3-5-9(6-4-8)14-10(22(28)29)2-1-7-20-14/h1-7H,(H,24,25)(H,26,27)(H3,19,21,23). The zero-order valence-electron chi connectivity index (χ0n) is 14.4. The zero-order valence-corrected chi connectivity index (χ0v) is 14.4. The molecule has 0 radical (unpaired) electrons. The van der Waals surface area contributed by atoms with E-state index in [0.29, 0.717) is 5.56 Å². The maximum atomic E-state index is 12.1. The van der Waals surface area contributed by atoms with Crippen LogP contribution in [0.5, 0.6) is 0 Å². The molecule has 3 rings (SSSR count). The number of carboxylic acids is 2. The minimum absolute atomic E-state index is 0.0754. The predicted molar refractivity (Wildman–Crippen MR) is 101 cm³/mol. The van der Waals surface area contributed by atoms with Crippen LogP contribution in [0.1, 0.15) is 20.7 Å². The maximum Gasteiger partial charge on any atom is 0.342 e. The van der Waals surface area contributed by atoms with Gasteiger partial charge in [0.05, 0.1) is 4.92 Å². The van der Waals surface area contributed by atoms with Gasteiger partial charge in [-0.15, -0.1) is 0 Å². The number of hydrogen-bond donors (Lipinski definition) is 4. The molecule has 29 heavy (non-hydrogen) atoms. The first-order valence-electron chi connectivity index (χ1n) is 7.95. The molecule has 11 nitrogen and oxygen atoms in total. The number of rotatable bonds is 5. The van der Waals surface area contributed by atoms with E-state index in [1.54, 1.807) is 0 Å². The Bertz CT molecular complexity index is 1220. The Balaban J connectivity index is 2.24. The Labute approximate surface area is 161 Å². The summed E-state index contributed by atoms with van der Waals surface area (Å²) in [5, 5.41) is 30.0. The van der Waals surface area contributed by atoms with Gasteiger partial charge in [-0.2, -0.15) is 0 Å². The molecule has 5 N–H and O–H groups in total. The van der Waals surface area contributed by atoms with Gasteiger partial charge in [0.2, 0.25) is 0 Å². The molecule has 0 aliphatic rings. The Morgan fingerprint density at radius 3 is 2.17 bits per heavy atom. The topological polar surface area (TPSA) is 190 Å². The number of H-pyrrole nitrogens is 1. The lowest BCUT2D eigenvalue weighted by Gasteiger charge is -2.12. The fourth-order valence-electron chi connectivity index (χ4n) is 2.90. The highest BCUT2D eigenvalue weighted by atomic mass is 16.6. The van der Waals surface area contributed by atoms with Crippen LogP contribution in [-0.4, -0.2) is 37.0 Å². The molecule has 1 aromatic carbocycles. The number of nitrogens with two attached hydrogens (primary N) is 1. The first kappa shape index (κ1) is 19.2. The van der Waals surface area contributed by atoms with Crippen molar-refractivity contribution < 1.29 is 24.7 Å². The van der Waals surface area contributed by atoms with Gasteiger partial charge in [-0.1, -0.05) is 24.3 Å². The Kier molecular flexibility index (Phi) is 4.79. The molecular weight excluding hydrogens is 384 g/mol. The summed E-state index contributed by atoms with van der Waals surface area (Å²) in [7, 11) is 0. The van der Waals surface area contributed by atoms with E-state index >= 15 is 0 Å². The quantitative estimate of drug-likeness (QED) is 0.369. The van der Waals surface area contributed by atoms with Gasteiger partial charge < -0.3 is 20.9 Å². The molecule has 0 saturated carbocycles. The molecule has 11 heteroatoms. The highest BCUT2D eigenvalue weighted by Gasteiger charge is 2.26. The summed E-state index contributed by atoms with van der Waals surface area (Å²) >= 11 is 0. The van der Waals surface area contributed by atoms with Gasteiger partial charge in [0.1, 0.15) is 22.6 Å². The molecule has 0 fully saturated rings. The highest BCUT2D eigenvalue weighted by Crippen LogP contribution is 2.32. The van der Waals surface area contributed by atoms with Crippen LogP contribution in [0.3, 0.4) is 0 Å². The minimum atomic E-state index is -1.63. The molecule has 3 aromatic rings. The molecule has 0 unspecified atom stereocenters. The van der Waals surface area contributed by atoms with Crippen molar-refractivity contribution in [3.8, 4) is 22.4 Å². The van der Waals surface area contributed by atoms with Crippen LogP contribution >= 0.6 is 0 Å². The van der Waals surface area contributed by atoms with Crippen molar-refractivity contribution >= 4 is 23.4 Å². The molecule has 2 aromatic heterocycles. The number of carbonyl (C=O) groups is 2. The summed E-state index contributed by atoms with van der Waals surface area (Å²) in [4.78, 5) is 51.8. The van der Waals surface area contributed by atoms with E-state index in [1.165, 1.54) is 42.6 Å². The number of nitrogen functional groups attached to an aromatic ring is 1. The van der Waals surface area contributed by atoms with Gasteiger partial charge in [0, 0.05) is 23.4 Å². The minimum Gasteiger partial charge on any atom is -0.478 e. The number of benzene rings is 1. The smallest absolute Gasteiger partial charge is 0.342 e. The molecule has 0 saturated heterocycles. The van der Waals surface area contributed by atoms with Crippen LogP contribution < -0.4 is 11.3 Å². The number of nitrogens with one attached hydrogen (secondary N) is 1. The third-order valence-corrected chi connectivity index (χ3v) is 4.10. The Morgan fingerprint density at radius 1 is 1.03 bits per heavy atom. The summed E-state index contributed by atoms with van der Waals surface area (Å²) in [6, 6.07) is 8.16. The first-order valence-corrected chi connectivity index (χ1v) is 7.95. The molecular formula is C18H12N4O7. The molecule has 0 atom stereocenters. The third kappa shape index (κ3) is 3.39. The molecule has 0 aliphatic heterocycles. The molecule has 0 amide bonds. The number of hydrogen-bond acceptors (Lipinski definition) is 7. The van der Waals surface area contributed by atoms with E-state index in [9.17, 15) is 34.7 Å². The van der Waals surface area contributed by atoms with E-state index in [1.807, 2.05) is 4.98 Å². The first-order chi connectivity index (χ1) is 13.7. The van der Waals surface area contributed by atoms with E-state index in [4.69, 9.17) is 5.73 Å². The second kappa shape index (κ2) is 7.23. The van der Waals surface area contributed by atoms with Crippen molar-refractivity contribution in [2.45, 2.75) is 0 Å². The van der Waals surface area contributed by atoms with Crippen molar-refractivity contribution in [2.75, 3.05) is 5.73 Å². The van der Waals surface area contributed by atoms with E-state index < -0.39 is 39.4 Å². The Morgan fingerprint density at radius 2 is 1.62 bits per heavy atom. The van der Waals surface area contributed by atoms with Crippen LogP contribution in [0.2, 0.25) is 0 Å². The number of aromatic nitrogens is 2. The van der Waals surface area contributed by atoms with Crippen molar-refractivity contribution in [2.24, 2.45) is 0 Å². The summed E-state index contributed by atoms with van der Waals surface area (Å²) < 4.78 is 0. The number of pyridine rings is 2. The fraction of sp³-hybridized carbons (Fsp3) is 0. The fourth-order valence-corrected chi connectivity index (χ4v) is 2.90. The second-order valence-electron chi connectivity index (χ2n) is 5.81. The Hall–Kier alpha value is -4.54. The molecule has 2 heterocycles. The average Bonchev–Trinajstić information content (AvgIpc) is 2.66. The lowest BCUT2D eigenvalue weighted by Crippen LogP contribution is -2.24. The summed E-state index contributed by atoms with van der Waals surface area (Å²) in [5.74, 6) is -3.65. The number of carboxylic acid groups (broad SMARTS) is 2. The zero-order chi connectivity index (χ0) is 21.3. The predicted octanol–water partition coefficient (Wildman–Crippen LogP) is 1.99. The van der Waals surface area contributed by atoms with Crippen LogP contribution in [0, 0.1) is 10.1 Å². The SMILES string of the molecule is Nc1[nH]c(=O)c(C(=O)O)c(-c2ccc(-c3ncccc3[N+](=O)[O-])cc2)c1C(=O)O. The van der Waals surface area contributed by atoms with Crippen molar-refractivity contribution in [1.29, 1.82) is 0 Å². The van der Waals surface area contributed by atoms with Gasteiger partial charge >= 0.3 is 11.9 Å². The van der Waals surface area contributed by atoms with Gasteiger partial charge in [-0.3, -0.25) is 14.9 Å². The summed E-state index contributed by atoms with van der Waals surface area (Å²) in [6.07, 6.45) is 1.37. The number of nitrogens with zero attached hydrogens (tertiary/aromatic N) is 2. The molecule has 0 spiro atoms. The molecule has 0 aliphatic carbocycles.